The summed E-state index contributed by atoms with van der Waals surface area (Å²) >= 11 is 0. The highest BCUT2D eigenvalue weighted by molar-refractivity contribution is 5.91. The molecule has 1 saturated heterocycles. The van der Waals surface area contributed by atoms with Crippen LogP contribution in [0.15, 0.2) is 24.3 Å². The van der Waals surface area contributed by atoms with Crippen molar-refractivity contribution in [1.82, 2.24) is 4.90 Å². The molecule has 1 aliphatic rings. The maximum Gasteiger partial charge on any atom is 0.338 e. The lowest BCUT2D eigenvalue weighted by atomic mass is 10.1. The summed E-state index contributed by atoms with van der Waals surface area (Å²) in [6.45, 7) is 2.08. The van der Waals surface area contributed by atoms with E-state index >= 15 is 0 Å². The minimum absolute atomic E-state index is 0.277. The third kappa shape index (κ3) is 2.68. The van der Waals surface area contributed by atoms with Crippen molar-refractivity contribution >= 4 is 5.97 Å². The molecule has 0 bridgehead atoms. The molecular formula is C13H16FNO3. The van der Waals surface area contributed by atoms with Gasteiger partial charge in [0, 0.05) is 18.7 Å². The lowest BCUT2D eigenvalue weighted by Crippen LogP contribution is -2.38. The van der Waals surface area contributed by atoms with Gasteiger partial charge < -0.3 is 9.47 Å². The van der Waals surface area contributed by atoms with Crippen LogP contribution in [0.1, 0.15) is 22.2 Å². The highest BCUT2D eigenvalue weighted by Crippen LogP contribution is 2.26. The van der Waals surface area contributed by atoms with Crippen molar-refractivity contribution in [3.05, 3.63) is 35.4 Å². The first-order chi connectivity index (χ1) is 8.74. The first kappa shape index (κ1) is 13.0. The van der Waals surface area contributed by atoms with E-state index in [9.17, 15) is 9.18 Å². The van der Waals surface area contributed by atoms with Crippen LogP contribution < -0.4 is 0 Å². The average molecular weight is 253 g/mol. The molecule has 0 aliphatic carbocycles. The fraction of sp³-hybridized carbons (Fsp3) is 0.462. The van der Waals surface area contributed by atoms with Gasteiger partial charge in [0.1, 0.15) is 0 Å². The molecule has 0 amide bonds. The van der Waals surface area contributed by atoms with Crippen LogP contribution >= 0.6 is 0 Å². The van der Waals surface area contributed by atoms with Crippen LogP contribution in [0.25, 0.3) is 0 Å². The Hall–Kier alpha value is -1.46. The summed E-state index contributed by atoms with van der Waals surface area (Å²) in [5, 5.41) is 0. The Balaban J connectivity index is 2.23. The van der Waals surface area contributed by atoms with Crippen LogP contribution in [-0.4, -0.2) is 44.3 Å². The van der Waals surface area contributed by atoms with Crippen LogP contribution in [0, 0.1) is 0 Å². The number of ether oxygens (including phenoxy) is 2. The Morgan fingerprint density at radius 2 is 2.06 bits per heavy atom. The molecule has 4 nitrogen and oxygen atoms in total. The second kappa shape index (κ2) is 5.93. The van der Waals surface area contributed by atoms with E-state index in [-0.39, 0.29) is 5.56 Å². The molecule has 1 unspecified atom stereocenters. The quantitative estimate of drug-likeness (QED) is 0.608. The number of hydrogen-bond acceptors (Lipinski definition) is 4. The fourth-order valence-electron chi connectivity index (χ4n) is 2.00. The van der Waals surface area contributed by atoms with Crippen molar-refractivity contribution in [2.24, 2.45) is 0 Å². The van der Waals surface area contributed by atoms with Gasteiger partial charge in [-0.3, -0.25) is 4.90 Å². The van der Waals surface area contributed by atoms with E-state index in [4.69, 9.17) is 4.74 Å². The maximum atomic E-state index is 14.4. The number of morpholine rings is 1. The average Bonchev–Trinajstić information content (AvgIpc) is 2.46. The third-order valence-corrected chi connectivity index (χ3v) is 2.99. The Morgan fingerprint density at radius 3 is 2.72 bits per heavy atom. The van der Waals surface area contributed by atoms with E-state index in [1.165, 1.54) is 7.11 Å². The van der Waals surface area contributed by atoms with Crippen molar-refractivity contribution < 1.29 is 18.7 Å². The van der Waals surface area contributed by atoms with Gasteiger partial charge >= 0.3 is 5.97 Å². The lowest BCUT2D eigenvalue weighted by molar-refractivity contribution is -0.0220. The zero-order valence-electron chi connectivity index (χ0n) is 10.3. The topological polar surface area (TPSA) is 38.8 Å². The van der Waals surface area contributed by atoms with Crippen molar-refractivity contribution in [3.63, 3.8) is 0 Å². The molecule has 0 radical (unpaired) electrons. The zero-order chi connectivity index (χ0) is 13.0. The number of hydrogen-bond donors (Lipinski definition) is 0. The molecule has 5 heteroatoms. The maximum absolute atomic E-state index is 14.4. The highest BCUT2D eigenvalue weighted by atomic mass is 19.1. The van der Waals surface area contributed by atoms with Crippen LogP contribution in [0.3, 0.4) is 0 Å². The van der Waals surface area contributed by atoms with Crippen molar-refractivity contribution in [2.45, 2.75) is 6.30 Å². The first-order valence-electron chi connectivity index (χ1n) is 5.87. The molecule has 0 N–H and O–H groups in total. The van der Waals surface area contributed by atoms with Gasteiger partial charge in [0.25, 0.3) is 0 Å². The number of alkyl halides is 1. The van der Waals surface area contributed by atoms with Gasteiger partial charge in [0.05, 0.1) is 25.9 Å². The number of rotatable bonds is 3. The molecule has 98 valence electrons. The Labute approximate surface area is 105 Å². The van der Waals surface area contributed by atoms with Gasteiger partial charge in [-0.1, -0.05) is 18.2 Å². The standard InChI is InChI=1S/C13H16FNO3/c1-17-13(16)11-5-3-2-4-10(11)12(14)15-6-8-18-9-7-15/h2-5,12H,6-9H2,1H3. The number of carbonyl (C=O) groups is 1. The molecule has 1 aromatic rings. The summed E-state index contributed by atoms with van der Waals surface area (Å²) in [6, 6.07) is 6.61. The number of methoxy groups -OCH3 is 1. The largest absolute Gasteiger partial charge is 0.465 e. The van der Waals surface area contributed by atoms with Gasteiger partial charge in [0.2, 0.25) is 0 Å². The molecule has 1 aromatic carbocycles. The summed E-state index contributed by atoms with van der Waals surface area (Å²) in [7, 11) is 1.29. The summed E-state index contributed by atoms with van der Waals surface area (Å²) in [5.74, 6) is -0.512. The number of halogens is 1. The second-order valence-electron chi connectivity index (χ2n) is 4.06. The van der Waals surface area contributed by atoms with Crippen LogP contribution in [0.4, 0.5) is 4.39 Å². The number of carbonyl (C=O) groups excluding carboxylic acids is 1. The van der Waals surface area contributed by atoms with Crippen molar-refractivity contribution in [3.8, 4) is 0 Å². The van der Waals surface area contributed by atoms with Crippen LogP contribution in [0.5, 0.6) is 0 Å². The normalized spacial score (nSPS) is 18.3. The summed E-state index contributed by atoms with van der Waals surface area (Å²) in [4.78, 5) is 13.2. The number of esters is 1. The van der Waals surface area contributed by atoms with E-state index in [1.54, 1.807) is 29.2 Å². The molecule has 1 aliphatic heterocycles. The van der Waals surface area contributed by atoms with Gasteiger partial charge in [-0.15, -0.1) is 0 Å². The van der Waals surface area contributed by atoms with Crippen LogP contribution in [-0.2, 0) is 9.47 Å². The lowest BCUT2D eigenvalue weighted by Gasteiger charge is -2.30. The number of nitrogens with zero attached hydrogens (tertiary/aromatic N) is 1. The van der Waals surface area contributed by atoms with E-state index in [2.05, 4.69) is 4.74 Å². The van der Waals surface area contributed by atoms with Crippen molar-refractivity contribution in [2.75, 3.05) is 33.4 Å². The minimum Gasteiger partial charge on any atom is -0.465 e. The summed E-state index contributed by atoms with van der Waals surface area (Å²) in [6.07, 6.45) is -1.30. The minimum atomic E-state index is -1.30. The molecule has 0 aromatic heterocycles. The molecule has 0 spiro atoms. The highest BCUT2D eigenvalue weighted by Gasteiger charge is 2.25. The van der Waals surface area contributed by atoms with Gasteiger partial charge in [-0.2, -0.15) is 0 Å². The first-order valence-corrected chi connectivity index (χ1v) is 5.87. The predicted molar refractivity (Wildman–Crippen MR) is 64.0 cm³/mol. The summed E-state index contributed by atoms with van der Waals surface area (Å²) in [5.41, 5.74) is 0.630. The van der Waals surface area contributed by atoms with E-state index in [0.717, 1.165) is 0 Å². The smallest absolute Gasteiger partial charge is 0.338 e. The third-order valence-electron chi connectivity index (χ3n) is 2.99. The SMILES string of the molecule is COC(=O)c1ccccc1C(F)N1CCOCC1. The molecule has 1 fully saturated rings. The Bertz CT molecular complexity index is 418. The Morgan fingerprint density at radius 1 is 1.39 bits per heavy atom. The number of benzene rings is 1. The van der Waals surface area contributed by atoms with E-state index in [0.29, 0.717) is 31.9 Å². The second-order valence-corrected chi connectivity index (χ2v) is 4.06. The summed E-state index contributed by atoms with van der Waals surface area (Å²) < 4.78 is 24.3. The monoisotopic (exact) mass is 253 g/mol. The Kier molecular flexibility index (Phi) is 4.28. The van der Waals surface area contributed by atoms with E-state index in [1.807, 2.05) is 0 Å². The zero-order valence-corrected chi connectivity index (χ0v) is 10.3. The van der Waals surface area contributed by atoms with Gasteiger partial charge in [-0.05, 0) is 6.07 Å². The molecule has 2 rings (SSSR count). The molecule has 0 saturated carbocycles. The molecule has 1 atom stereocenters. The molecular weight excluding hydrogens is 237 g/mol. The fourth-order valence-corrected chi connectivity index (χ4v) is 2.00. The molecule has 18 heavy (non-hydrogen) atoms. The van der Waals surface area contributed by atoms with Gasteiger partial charge in [-0.25, -0.2) is 9.18 Å². The van der Waals surface area contributed by atoms with Crippen molar-refractivity contribution in [1.29, 1.82) is 0 Å². The van der Waals surface area contributed by atoms with Gasteiger partial charge in [0.15, 0.2) is 6.30 Å². The molecule has 1 heterocycles. The van der Waals surface area contributed by atoms with Crippen LogP contribution in [0.2, 0.25) is 0 Å². The predicted octanol–water partition coefficient (Wildman–Crippen LogP) is 1.77. The van der Waals surface area contributed by atoms with E-state index < -0.39 is 12.3 Å².